The first-order chi connectivity index (χ1) is 17.7. The van der Waals surface area contributed by atoms with E-state index in [-0.39, 0.29) is 39.3 Å². The number of ketones is 2. The van der Waals surface area contributed by atoms with Crippen LogP contribution in [0.15, 0.2) is 42.0 Å². The minimum atomic E-state index is -0.468. The van der Waals surface area contributed by atoms with Gasteiger partial charge in [0, 0.05) is 16.4 Å². The number of methoxy groups -OCH3 is 5. The van der Waals surface area contributed by atoms with E-state index < -0.39 is 5.25 Å². The molecule has 0 fully saturated rings. The lowest BCUT2D eigenvalue weighted by molar-refractivity contribution is 0.0988. The Labute approximate surface area is 220 Å². The van der Waals surface area contributed by atoms with Crippen LogP contribution in [0.3, 0.4) is 0 Å². The van der Waals surface area contributed by atoms with Gasteiger partial charge in [-0.25, -0.2) is 0 Å². The van der Waals surface area contributed by atoms with Gasteiger partial charge in [-0.15, -0.1) is 0 Å². The lowest BCUT2D eigenvalue weighted by atomic mass is 9.89. The summed E-state index contributed by atoms with van der Waals surface area (Å²) in [7, 11) is 7.32. The molecule has 0 aliphatic heterocycles. The number of thioether (sulfide) groups is 1. The Morgan fingerprint density at radius 2 is 1.32 bits per heavy atom. The molecule has 0 aromatic heterocycles. The van der Waals surface area contributed by atoms with Crippen molar-refractivity contribution >= 4 is 28.4 Å². The Bertz CT molecular complexity index is 1260. The molecule has 0 amide bonds. The van der Waals surface area contributed by atoms with Crippen molar-refractivity contribution < 1.29 is 38.1 Å². The van der Waals surface area contributed by atoms with Gasteiger partial charge in [0.15, 0.2) is 23.1 Å². The molecule has 0 bridgehead atoms. The summed E-state index contributed by atoms with van der Waals surface area (Å²) in [4.78, 5) is 39.1. The first-order valence-corrected chi connectivity index (χ1v) is 12.3. The fraction of sp³-hybridized carbons (Fsp3) is 0.321. The molecule has 2 aromatic rings. The number of carbonyl (C=O) groups excluding carboxylic acids is 3. The van der Waals surface area contributed by atoms with Gasteiger partial charge < -0.3 is 23.7 Å². The number of hydrogen-bond donors (Lipinski definition) is 0. The van der Waals surface area contributed by atoms with Gasteiger partial charge in [0.2, 0.25) is 10.9 Å². The first-order valence-electron chi connectivity index (χ1n) is 11.4. The van der Waals surface area contributed by atoms with Crippen molar-refractivity contribution in [3.05, 3.63) is 64.3 Å². The smallest absolute Gasteiger partial charge is 0.220 e. The number of benzene rings is 2. The minimum Gasteiger partial charge on any atom is -0.496 e. The molecule has 0 heterocycles. The Kier molecular flexibility index (Phi) is 9.04. The Balaban J connectivity index is 2.16. The zero-order valence-electron chi connectivity index (χ0n) is 21.9. The average molecular weight is 527 g/mol. The molecule has 1 aliphatic rings. The lowest BCUT2D eigenvalue weighted by Crippen LogP contribution is -2.17. The second kappa shape index (κ2) is 12.0. The molecule has 8 nitrogen and oxygen atoms in total. The normalized spacial score (nSPS) is 12.9. The van der Waals surface area contributed by atoms with Gasteiger partial charge >= 0.3 is 0 Å². The fourth-order valence-electron chi connectivity index (χ4n) is 4.06. The Hall–Kier alpha value is -3.72. The number of ether oxygens (including phenoxy) is 5. The average Bonchev–Trinajstić information content (AvgIpc) is 2.90. The maximum atomic E-state index is 13.6. The van der Waals surface area contributed by atoms with Gasteiger partial charge in [0.05, 0.1) is 46.7 Å². The summed E-state index contributed by atoms with van der Waals surface area (Å²) in [6, 6.07) is 4.85. The van der Waals surface area contributed by atoms with Crippen LogP contribution in [0.5, 0.6) is 28.7 Å². The van der Waals surface area contributed by atoms with E-state index in [0.29, 0.717) is 34.8 Å². The summed E-state index contributed by atoms with van der Waals surface area (Å²) >= 11 is 1.06. The predicted molar refractivity (Wildman–Crippen MR) is 142 cm³/mol. The zero-order valence-corrected chi connectivity index (χ0v) is 22.7. The first kappa shape index (κ1) is 27.9. The van der Waals surface area contributed by atoms with E-state index in [2.05, 4.69) is 0 Å². The predicted octanol–water partition coefficient (Wildman–Crippen LogP) is 5.64. The number of rotatable bonds is 10. The summed E-state index contributed by atoms with van der Waals surface area (Å²) in [6.45, 7) is 3.92. The molecular formula is C28H30O8S. The van der Waals surface area contributed by atoms with Gasteiger partial charge in [0.1, 0.15) is 11.5 Å². The molecule has 0 spiro atoms. The Morgan fingerprint density at radius 3 is 1.81 bits per heavy atom. The third-order valence-corrected chi connectivity index (χ3v) is 6.99. The third-order valence-electron chi connectivity index (χ3n) is 5.81. The molecule has 196 valence electrons. The van der Waals surface area contributed by atoms with Gasteiger partial charge in [-0.05, 0) is 50.6 Å². The second-order valence-electron chi connectivity index (χ2n) is 8.34. The van der Waals surface area contributed by atoms with E-state index in [0.717, 1.165) is 17.3 Å². The third kappa shape index (κ3) is 5.67. The summed E-state index contributed by atoms with van der Waals surface area (Å²) < 4.78 is 27.3. The fourth-order valence-corrected chi connectivity index (χ4v) is 5.06. The van der Waals surface area contributed by atoms with Crippen molar-refractivity contribution in [2.75, 3.05) is 35.5 Å². The number of allylic oxidation sites excluding steroid dienone is 4. The van der Waals surface area contributed by atoms with Crippen LogP contribution < -0.4 is 23.7 Å². The van der Waals surface area contributed by atoms with Crippen molar-refractivity contribution in [1.82, 2.24) is 0 Å². The maximum Gasteiger partial charge on any atom is 0.220 e. The van der Waals surface area contributed by atoms with Crippen LogP contribution in [-0.4, -0.2) is 52.2 Å². The second-order valence-corrected chi connectivity index (χ2v) is 9.51. The highest BCUT2D eigenvalue weighted by Crippen LogP contribution is 2.47. The number of hydrogen-bond acceptors (Lipinski definition) is 9. The van der Waals surface area contributed by atoms with Gasteiger partial charge in [-0.1, -0.05) is 23.4 Å². The van der Waals surface area contributed by atoms with Crippen LogP contribution in [0.4, 0.5) is 0 Å². The molecule has 1 unspecified atom stereocenters. The van der Waals surface area contributed by atoms with Gasteiger partial charge in [0.25, 0.3) is 0 Å². The van der Waals surface area contributed by atoms with Crippen LogP contribution in [0, 0.1) is 0 Å². The van der Waals surface area contributed by atoms with Gasteiger partial charge in [-0.2, -0.15) is 0 Å². The zero-order chi connectivity index (χ0) is 27.3. The molecule has 0 N–H and O–H groups in total. The van der Waals surface area contributed by atoms with Crippen molar-refractivity contribution in [2.24, 2.45) is 0 Å². The van der Waals surface area contributed by atoms with E-state index in [9.17, 15) is 14.4 Å². The van der Waals surface area contributed by atoms with Gasteiger partial charge in [-0.3, -0.25) is 14.4 Å². The van der Waals surface area contributed by atoms with E-state index >= 15 is 0 Å². The monoisotopic (exact) mass is 526 g/mol. The largest absolute Gasteiger partial charge is 0.496 e. The molecule has 37 heavy (non-hydrogen) atoms. The van der Waals surface area contributed by atoms with Crippen LogP contribution in [0.2, 0.25) is 0 Å². The lowest BCUT2D eigenvalue weighted by Gasteiger charge is -2.24. The molecule has 1 aliphatic carbocycles. The van der Waals surface area contributed by atoms with Crippen LogP contribution in [0.1, 0.15) is 62.2 Å². The Morgan fingerprint density at radius 1 is 0.784 bits per heavy atom. The van der Waals surface area contributed by atoms with E-state index in [4.69, 9.17) is 23.7 Å². The highest BCUT2D eigenvalue weighted by Gasteiger charge is 2.33. The number of fused-ring (bicyclic) bond motifs is 1. The van der Waals surface area contributed by atoms with Crippen molar-refractivity contribution in [3.8, 4) is 28.7 Å². The quantitative estimate of drug-likeness (QED) is 0.365. The van der Waals surface area contributed by atoms with Crippen molar-refractivity contribution in [2.45, 2.75) is 25.5 Å². The minimum absolute atomic E-state index is 0.132. The molecule has 0 saturated heterocycles. The summed E-state index contributed by atoms with van der Waals surface area (Å²) in [5.74, 6) is 0.871. The van der Waals surface area contributed by atoms with Crippen molar-refractivity contribution in [3.63, 3.8) is 0 Å². The molecular weight excluding hydrogens is 496 g/mol. The van der Waals surface area contributed by atoms with Crippen molar-refractivity contribution in [1.29, 1.82) is 0 Å². The summed E-state index contributed by atoms with van der Waals surface area (Å²) in [5.41, 5.74) is 2.26. The van der Waals surface area contributed by atoms with Crippen LogP contribution in [0.25, 0.3) is 0 Å². The summed E-state index contributed by atoms with van der Waals surface area (Å²) in [5, 5.41) is -0.725. The maximum absolute atomic E-state index is 13.6. The number of carbonyl (C=O) groups is 3. The van der Waals surface area contributed by atoms with E-state index in [1.165, 1.54) is 47.7 Å². The highest BCUT2D eigenvalue weighted by molar-refractivity contribution is 8.14. The van der Waals surface area contributed by atoms with E-state index in [1.54, 1.807) is 18.2 Å². The SMILES string of the molecule is COc1cc(C(=O)SC(CC=C(C)C)c2cc(OC)c3c(c2OC)C(=O)C=CC3=O)cc(OC)c1OC. The molecule has 0 saturated carbocycles. The topological polar surface area (TPSA) is 97.4 Å². The van der Waals surface area contributed by atoms with Crippen LogP contribution >= 0.6 is 11.8 Å². The van der Waals surface area contributed by atoms with Crippen LogP contribution in [-0.2, 0) is 0 Å². The molecule has 2 aromatic carbocycles. The molecule has 9 heteroatoms. The molecule has 1 atom stereocenters. The molecule has 0 radical (unpaired) electrons. The molecule has 3 rings (SSSR count). The van der Waals surface area contributed by atoms with E-state index in [1.807, 2.05) is 19.9 Å². The highest BCUT2D eigenvalue weighted by atomic mass is 32.2. The standard InChI is InChI=1S/C28H30O8S/c1-15(2)8-11-23(37-28(31)16-12-21(33-4)27(36-7)22(13-16)34-5)17-14-20(32-3)24-18(29)9-10-19(30)25(24)26(17)35-6/h8-10,12-14,23H,11H2,1-7H3. The summed E-state index contributed by atoms with van der Waals surface area (Å²) in [6.07, 6.45) is 4.89.